The molecule has 0 saturated heterocycles. The third-order valence-corrected chi connectivity index (χ3v) is 13.7. The van der Waals surface area contributed by atoms with E-state index in [0.29, 0.717) is 23.4 Å². The molecule has 1 aromatic rings. The highest BCUT2D eigenvalue weighted by molar-refractivity contribution is 5.95. The Kier molecular flexibility index (Phi) is 5.95. The minimum Gasteiger partial charge on any atom is -0.310 e. The molecule has 0 unspecified atom stereocenters. The van der Waals surface area contributed by atoms with E-state index in [0.717, 1.165) is 57.8 Å². The maximum absolute atomic E-state index is 14.2. The van der Waals surface area contributed by atoms with Crippen molar-refractivity contribution in [3.05, 3.63) is 36.0 Å². The van der Waals surface area contributed by atoms with Crippen LogP contribution in [0.3, 0.4) is 0 Å². The smallest absolute Gasteiger partial charge is 0.232 e. The average molecular weight is 531 g/mol. The van der Waals surface area contributed by atoms with Crippen LogP contribution in [-0.2, 0) is 9.59 Å². The van der Waals surface area contributed by atoms with Crippen molar-refractivity contribution in [3.63, 3.8) is 0 Å². The highest BCUT2D eigenvalue weighted by Gasteiger charge is 2.69. The Labute approximate surface area is 236 Å². The van der Waals surface area contributed by atoms with E-state index in [9.17, 15) is 9.59 Å². The molecule has 5 aliphatic rings. The highest BCUT2D eigenvalue weighted by atomic mass is 16.2. The van der Waals surface area contributed by atoms with E-state index in [1.165, 1.54) is 6.42 Å². The maximum atomic E-state index is 14.2. The van der Waals surface area contributed by atoms with Crippen molar-refractivity contribution in [1.29, 1.82) is 0 Å². The van der Waals surface area contributed by atoms with E-state index in [-0.39, 0.29) is 44.3 Å². The molecule has 4 fully saturated rings. The summed E-state index contributed by atoms with van der Waals surface area (Å²) >= 11 is 0. The van der Waals surface area contributed by atoms with E-state index < -0.39 is 0 Å². The Hall–Kier alpha value is -1.97. The number of hydrogen-bond donors (Lipinski definition) is 1. The predicted octanol–water partition coefficient (Wildman–Crippen LogP) is 8.39. The Morgan fingerprint density at radius 2 is 1.67 bits per heavy atom. The number of fused-ring (bicyclic) bond motifs is 7. The lowest BCUT2D eigenvalue weighted by atomic mass is 9.33. The number of rotatable bonds is 2. The van der Waals surface area contributed by atoms with Gasteiger partial charge in [0.15, 0.2) is 0 Å². The van der Waals surface area contributed by atoms with E-state index in [2.05, 4.69) is 64.8 Å². The second-order valence-corrected chi connectivity index (χ2v) is 16.2. The van der Waals surface area contributed by atoms with Gasteiger partial charge in [0.25, 0.3) is 0 Å². The summed E-state index contributed by atoms with van der Waals surface area (Å²) in [5, 5.41) is 3.25. The molecule has 0 bridgehead atoms. The number of hydrogen-bond acceptors (Lipinski definition) is 3. The van der Waals surface area contributed by atoms with E-state index >= 15 is 0 Å². The molecule has 1 heterocycles. The van der Waals surface area contributed by atoms with E-state index in [1.807, 2.05) is 18.2 Å². The van der Waals surface area contributed by atoms with Crippen LogP contribution in [0.2, 0.25) is 0 Å². The van der Waals surface area contributed by atoms with Crippen LogP contribution in [0.4, 0.5) is 5.82 Å². The molecule has 4 saturated carbocycles. The Morgan fingerprint density at radius 1 is 0.923 bits per heavy atom. The van der Waals surface area contributed by atoms with Gasteiger partial charge in [0.05, 0.1) is 5.41 Å². The number of carbonyl (C=O) groups is 2. The second kappa shape index (κ2) is 8.52. The fraction of sp³-hybridized carbons (Fsp3) is 0.743. The first-order valence-electron chi connectivity index (χ1n) is 15.7. The topological polar surface area (TPSA) is 59.1 Å². The van der Waals surface area contributed by atoms with Crippen molar-refractivity contribution in [1.82, 2.24) is 4.98 Å². The number of nitrogens with one attached hydrogen (secondary N) is 1. The number of anilines is 1. The first-order valence-corrected chi connectivity index (χ1v) is 15.7. The third kappa shape index (κ3) is 3.64. The number of Topliss-reactive ketones (excluding diaryl/α,β-unsaturated/α-hetero) is 1. The largest absolute Gasteiger partial charge is 0.310 e. The van der Waals surface area contributed by atoms with Gasteiger partial charge in [0, 0.05) is 18.0 Å². The van der Waals surface area contributed by atoms with Crippen LogP contribution in [0.15, 0.2) is 36.0 Å². The summed E-state index contributed by atoms with van der Waals surface area (Å²) in [6, 6.07) is 5.75. The lowest BCUT2D eigenvalue weighted by molar-refractivity contribution is -0.185. The van der Waals surface area contributed by atoms with Crippen molar-refractivity contribution in [2.45, 2.75) is 113 Å². The number of pyridine rings is 1. The molecule has 1 amide bonds. The van der Waals surface area contributed by atoms with Gasteiger partial charge in [-0.25, -0.2) is 4.98 Å². The molecule has 212 valence electrons. The summed E-state index contributed by atoms with van der Waals surface area (Å²) in [4.78, 5) is 31.7. The number of nitrogens with zero attached hydrogens (tertiary/aromatic N) is 1. The predicted molar refractivity (Wildman–Crippen MR) is 157 cm³/mol. The molecule has 1 aromatic heterocycles. The molecule has 1 N–H and O–H groups in total. The molecule has 0 radical (unpaired) electrons. The molecule has 4 nitrogen and oxygen atoms in total. The summed E-state index contributed by atoms with van der Waals surface area (Å²) in [6.07, 6.45) is 14.7. The van der Waals surface area contributed by atoms with Crippen LogP contribution < -0.4 is 5.32 Å². The Bertz CT molecular complexity index is 1220. The summed E-state index contributed by atoms with van der Waals surface area (Å²) in [7, 11) is 0. The van der Waals surface area contributed by atoms with Crippen LogP contribution in [0.5, 0.6) is 0 Å². The molecular weight excluding hydrogens is 480 g/mol. The van der Waals surface area contributed by atoms with Crippen LogP contribution in [-0.4, -0.2) is 16.7 Å². The summed E-state index contributed by atoms with van der Waals surface area (Å²) in [5.41, 5.74) is 1.69. The molecule has 0 spiro atoms. The third-order valence-electron chi connectivity index (χ3n) is 13.7. The molecule has 0 aromatic carbocycles. The first kappa shape index (κ1) is 27.2. The van der Waals surface area contributed by atoms with Crippen molar-refractivity contribution >= 4 is 17.5 Å². The number of allylic oxidation sites excluding steroid dienone is 2. The van der Waals surface area contributed by atoms with Crippen molar-refractivity contribution < 1.29 is 9.59 Å². The Morgan fingerprint density at radius 3 is 2.38 bits per heavy atom. The summed E-state index contributed by atoms with van der Waals surface area (Å²) < 4.78 is 0. The monoisotopic (exact) mass is 530 g/mol. The lowest BCUT2D eigenvalue weighted by Gasteiger charge is -2.70. The van der Waals surface area contributed by atoms with Gasteiger partial charge >= 0.3 is 0 Å². The van der Waals surface area contributed by atoms with Crippen LogP contribution in [0.1, 0.15) is 113 Å². The van der Waals surface area contributed by atoms with Gasteiger partial charge in [0.2, 0.25) is 5.91 Å². The molecule has 7 atom stereocenters. The fourth-order valence-electron chi connectivity index (χ4n) is 11.1. The minimum absolute atomic E-state index is 0.0857. The zero-order valence-corrected chi connectivity index (χ0v) is 25.5. The average Bonchev–Trinajstić information content (AvgIpc) is 2.87. The minimum atomic E-state index is -0.359. The van der Waals surface area contributed by atoms with Crippen LogP contribution in [0, 0.1) is 50.2 Å². The normalized spacial score (nSPS) is 44.1. The molecular formula is C35H50N2O2. The summed E-state index contributed by atoms with van der Waals surface area (Å²) in [5.74, 6) is 2.63. The van der Waals surface area contributed by atoms with Crippen LogP contribution >= 0.6 is 0 Å². The van der Waals surface area contributed by atoms with E-state index in [1.54, 1.807) is 11.8 Å². The van der Waals surface area contributed by atoms with Crippen molar-refractivity contribution in [3.8, 4) is 0 Å². The van der Waals surface area contributed by atoms with Crippen molar-refractivity contribution in [2.75, 3.05) is 5.32 Å². The number of amides is 1. The Balaban J connectivity index is 1.41. The van der Waals surface area contributed by atoms with E-state index in [4.69, 9.17) is 0 Å². The van der Waals surface area contributed by atoms with Crippen molar-refractivity contribution in [2.24, 2.45) is 50.2 Å². The van der Waals surface area contributed by atoms with Crippen LogP contribution in [0.25, 0.3) is 0 Å². The van der Waals surface area contributed by atoms with Gasteiger partial charge in [-0.15, -0.1) is 0 Å². The van der Waals surface area contributed by atoms with Gasteiger partial charge in [-0.3, -0.25) is 9.59 Å². The zero-order chi connectivity index (χ0) is 28.1. The number of ketones is 1. The number of carbonyl (C=O) groups excluding carboxylic acids is 2. The SMILES string of the molecule is CC1(C)CC[C@]2(C(=O)Nc3ccccn3)CC[C@]3(C)C(=CC[C@@H]4[C@@]5(C)CCC(=O)C(C)(C)[C@@H]5CC[C@]43C)[C@@H]2C1. The summed E-state index contributed by atoms with van der Waals surface area (Å²) in [6.45, 7) is 17.0. The highest BCUT2D eigenvalue weighted by Crippen LogP contribution is 2.75. The number of aromatic nitrogens is 1. The van der Waals surface area contributed by atoms with Gasteiger partial charge in [-0.05, 0) is 109 Å². The fourth-order valence-corrected chi connectivity index (χ4v) is 11.1. The second-order valence-electron chi connectivity index (χ2n) is 16.2. The molecule has 5 aliphatic carbocycles. The zero-order valence-electron chi connectivity index (χ0n) is 25.5. The molecule has 0 aliphatic heterocycles. The quantitative estimate of drug-likeness (QED) is 0.391. The standard InChI is InChI=1S/C35H50N2O2/c1-30(2)17-19-35(29(39)37-28-10-8-9-21-36-28)20-18-33(6)23(24(35)22-30)11-12-26-32(5)15-14-27(38)31(3,4)25(32)13-16-34(26,33)7/h8-11,21,24-26H,12-20,22H2,1-7H3,(H,36,37,39)/t24-,25-,26+,32-,33+,34+,35-/m0/s1. The van der Waals surface area contributed by atoms with Gasteiger partial charge in [-0.1, -0.05) is 66.2 Å². The molecule has 4 heteroatoms. The van der Waals surface area contributed by atoms with Gasteiger partial charge in [0.1, 0.15) is 11.6 Å². The maximum Gasteiger partial charge on any atom is 0.232 e. The first-order chi connectivity index (χ1) is 18.2. The lowest BCUT2D eigenvalue weighted by Crippen LogP contribution is -2.65. The van der Waals surface area contributed by atoms with Gasteiger partial charge in [-0.2, -0.15) is 0 Å². The molecule has 39 heavy (non-hydrogen) atoms. The van der Waals surface area contributed by atoms with Gasteiger partial charge < -0.3 is 5.32 Å². The molecule has 6 rings (SSSR count).